The first-order valence-electron chi connectivity index (χ1n) is 8.69. The van der Waals surface area contributed by atoms with Crippen LogP contribution in [-0.2, 0) is 0 Å². The van der Waals surface area contributed by atoms with E-state index < -0.39 is 0 Å². The summed E-state index contributed by atoms with van der Waals surface area (Å²) >= 11 is 0. The van der Waals surface area contributed by atoms with E-state index in [0.29, 0.717) is 17.7 Å². The Bertz CT molecular complexity index is 498. The fraction of sp³-hybridized carbons (Fsp3) is 0.812. The molecule has 0 bridgehead atoms. The van der Waals surface area contributed by atoms with E-state index in [1.807, 2.05) is 15.8 Å². The molecule has 0 radical (unpaired) electrons. The number of rotatable bonds is 4. The van der Waals surface area contributed by atoms with E-state index in [-0.39, 0.29) is 18.3 Å². The Labute approximate surface area is 144 Å². The molecular formula is C16H28ClN5O. The number of carbonyl (C=O) groups excluding carboxylic acids is 1. The van der Waals surface area contributed by atoms with Gasteiger partial charge in [-0.2, -0.15) is 0 Å². The minimum atomic E-state index is 0. The average molecular weight is 342 g/mol. The monoisotopic (exact) mass is 341 g/mol. The average Bonchev–Trinajstić information content (AvgIpc) is 3.05. The number of halogens is 1. The van der Waals surface area contributed by atoms with Crippen LogP contribution in [0.2, 0.25) is 0 Å². The largest absolute Gasteiger partial charge is 0.337 e. The molecule has 130 valence electrons. The molecule has 1 aromatic rings. The summed E-state index contributed by atoms with van der Waals surface area (Å²) in [5.74, 6) is 0.711. The third-order valence-electron chi connectivity index (χ3n) is 4.92. The summed E-state index contributed by atoms with van der Waals surface area (Å²) in [5.41, 5.74) is 0.510. The molecule has 2 fully saturated rings. The molecule has 7 heteroatoms. The van der Waals surface area contributed by atoms with E-state index in [0.717, 1.165) is 45.4 Å². The highest BCUT2D eigenvalue weighted by atomic mass is 35.5. The number of hydrogen-bond acceptors (Lipinski definition) is 4. The van der Waals surface area contributed by atoms with Crippen LogP contribution in [0.5, 0.6) is 0 Å². The maximum atomic E-state index is 12.6. The molecule has 1 atom stereocenters. The third-order valence-corrected chi connectivity index (χ3v) is 4.92. The van der Waals surface area contributed by atoms with E-state index in [1.54, 1.807) is 0 Å². The highest BCUT2D eigenvalue weighted by Gasteiger charge is 2.26. The van der Waals surface area contributed by atoms with E-state index >= 15 is 0 Å². The van der Waals surface area contributed by atoms with Gasteiger partial charge in [0.15, 0.2) is 5.69 Å². The maximum absolute atomic E-state index is 12.6. The quantitative estimate of drug-likeness (QED) is 0.912. The van der Waals surface area contributed by atoms with E-state index in [2.05, 4.69) is 22.6 Å². The first kappa shape index (κ1) is 18.2. The van der Waals surface area contributed by atoms with Crippen LogP contribution in [-0.4, -0.2) is 52.0 Å². The molecule has 0 saturated carbocycles. The van der Waals surface area contributed by atoms with E-state index in [1.165, 1.54) is 19.3 Å². The van der Waals surface area contributed by atoms with Crippen molar-refractivity contribution in [3.8, 4) is 0 Å². The van der Waals surface area contributed by atoms with Crippen molar-refractivity contribution in [1.82, 2.24) is 25.2 Å². The van der Waals surface area contributed by atoms with Gasteiger partial charge in [-0.15, -0.1) is 17.5 Å². The van der Waals surface area contributed by atoms with Gasteiger partial charge in [-0.25, -0.2) is 4.68 Å². The molecule has 0 aliphatic carbocycles. The summed E-state index contributed by atoms with van der Waals surface area (Å²) in [7, 11) is 0. The standard InChI is InChI=1S/C16H27N5O.ClH/c1-2-4-13-5-3-10-20(11-13)16(22)15-12-21(19-18-15)14-6-8-17-9-7-14;/h12-14,17H,2-11H2,1H3;1H. The maximum Gasteiger partial charge on any atom is 0.276 e. The second-order valence-corrected chi connectivity index (χ2v) is 6.61. The lowest BCUT2D eigenvalue weighted by molar-refractivity contribution is 0.0661. The molecule has 1 unspecified atom stereocenters. The molecule has 2 aliphatic heterocycles. The minimum absolute atomic E-state index is 0. The van der Waals surface area contributed by atoms with Gasteiger partial charge < -0.3 is 10.2 Å². The molecule has 0 spiro atoms. The van der Waals surface area contributed by atoms with Crippen LogP contribution >= 0.6 is 12.4 Å². The zero-order chi connectivity index (χ0) is 15.4. The van der Waals surface area contributed by atoms with Gasteiger partial charge in [-0.1, -0.05) is 18.6 Å². The lowest BCUT2D eigenvalue weighted by Crippen LogP contribution is -2.40. The van der Waals surface area contributed by atoms with Crippen LogP contribution in [0.15, 0.2) is 6.20 Å². The summed E-state index contributed by atoms with van der Waals surface area (Å²) in [6, 6.07) is 0.379. The summed E-state index contributed by atoms with van der Waals surface area (Å²) < 4.78 is 1.89. The van der Waals surface area contributed by atoms with Crippen LogP contribution in [0.1, 0.15) is 62.0 Å². The second-order valence-electron chi connectivity index (χ2n) is 6.61. The Kier molecular flexibility index (Phi) is 6.84. The highest BCUT2D eigenvalue weighted by molar-refractivity contribution is 5.92. The molecule has 3 rings (SSSR count). The summed E-state index contributed by atoms with van der Waals surface area (Å²) in [5, 5.41) is 11.7. The van der Waals surface area contributed by atoms with Crippen molar-refractivity contribution in [2.45, 2.75) is 51.5 Å². The van der Waals surface area contributed by atoms with Crippen LogP contribution in [0.25, 0.3) is 0 Å². The first-order chi connectivity index (χ1) is 10.8. The van der Waals surface area contributed by atoms with Gasteiger partial charge in [-0.3, -0.25) is 4.79 Å². The van der Waals surface area contributed by atoms with Crippen molar-refractivity contribution in [3.63, 3.8) is 0 Å². The second kappa shape index (κ2) is 8.64. The molecule has 1 amide bonds. The van der Waals surface area contributed by atoms with Gasteiger partial charge in [0.25, 0.3) is 5.91 Å². The Balaban J connectivity index is 0.00000192. The zero-order valence-electron chi connectivity index (χ0n) is 13.9. The predicted octanol–water partition coefficient (Wildman–Crippen LogP) is 2.28. The molecule has 0 aromatic carbocycles. The van der Waals surface area contributed by atoms with Gasteiger partial charge in [0, 0.05) is 13.1 Å². The van der Waals surface area contributed by atoms with Crippen LogP contribution in [0.4, 0.5) is 0 Å². The Morgan fingerprint density at radius 2 is 2.13 bits per heavy atom. The molecule has 1 N–H and O–H groups in total. The summed E-state index contributed by atoms with van der Waals surface area (Å²) in [4.78, 5) is 14.6. The fourth-order valence-electron chi connectivity index (χ4n) is 3.68. The highest BCUT2D eigenvalue weighted by Crippen LogP contribution is 2.22. The SMILES string of the molecule is CCCC1CCCN(C(=O)c2cn(C3CCNCC3)nn2)C1.Cl. The number of nitrogens with zero attached hydrogens (tertiary/aromatic N) is 4. The van der Waals surface area contributed by atoms with Crippen LogP contribution in [0.3, 0.4) is 0 Å². The van der Waals surface area contributed by atoms with Crippen molar-refractivity contribution in [2.24, 2.45) is 5.92 Å². The van der Waals surface area contributed by atoms with Crippen LogP contribution in [0, 0.1) is 5.92 Å². The number of piperidine rings is 2. The Morgan fingerprint density at radius 1 is 1.35 bits per heavy atom. The van der Waals surface area contributed by atoms with Crippen molar-refractivity contribution in [1.29, 1.82) is 0 Å². The fourth-order valence-corrected chi connectivity index (χ4v) is 3.68. The predicted molar refractivity (Wildman–Crippen MR) is 91.9 cm³/mol. The smallest absolute Gasteiger partial charge is 0.276 e. The number of aromatic nitrogens is 3. The van der Waals surface area contributed by atoms with Gasteiger partial charge in [0.1, 0.15) is 0 Å². The molecule has 1 aromatic heterocycles. The van der Waals surface area contributed by atoms with E-state index in [4.69, 9.17) is 0 Å². The summed E-state index contributed by atoms with van der Waals surface area (Å²) in [6.07, 6.45) is 8.72. The molecule has 23 heavy (non-hydrogen) atoms. The van der Waals surface area contributed by atoms with Gasteiger partial charge in [0.05, 0.1) is 12.2 Å². The lowest BCUT2D eigenvalue weighted by atomic mass is 9.93. The third kappa shape index (κ3) is 4.44. The lowest BCUT2D eigenvalue weighted by Gasteiger charge is -2.32. The molecule has 6 nitrogen and oxygen atoms in total. The van der Waals surface area contributed by atoms with Crippen molar-refractivity contribution in [3.05, 3.63) is 11.9 Å². The summed E-state index contributed by atoms with van der Waals surface area (Å²) in [6.45, 7) is 5.98. The van der Waals surface area contributed by atoms with Gasteiger partial charge >= 0.3 is 0 Å². The van der Waals surface area contributed by atoms with Gasteiger partial charge in [0.2, 0.25) is 0 Å². The Morgan fingerprint density at radius 3 is 2.87 bits per heavy atom. The minimum Gasteiger partial charge on any atom is -0.337 e. The molecular weight excluding hydrogens is 314 g/mol. The number of carbonyl (C=O) groups is 1. The molecule has 2 aliphatic rings. The number of likely N-dealkylation sites (tertiary alicyclic amines) is 1. The molecule has 3 heterocycles. The number of nitrogens with one attached hydrogen (secondary N) is 1. The van der Waals surface area contributed by atoms with E-state index in [9.17, 15) is 4.79 Å². The van der Waals surface area contributed by atoms with Crippen molar-refractivity contribution < 1.29 is 4.79 Å². The van der Waals surface area contributed by atoms with Crippen LogP contribution < -0.4 is 5.32 Å². The van der Waals surface area contributed by atoms with Gasteiger partial charge in [-0.05, 0) is 51.1 Å². The number of amides is 1. The van der Waals surface area contributed by atoms with Crippen molar-refractivity contribution >= 4 is 18.3 Å². The zero-order valence-corrected chi connectivity index (χ0v) is 14.7. The first-order valence-corrected chi connectivity index (χ1v) is 8.69. The Hall–Kier alpha value is -1.14. The molecule has 2 saturated heterocycles. The topological polar surface area (TPSA) is 63.1 Å². The number of hydrogen-bond donors (Lipinski definition) is 1. The van der Waals surface area contributed by atoms with Crippen molar-refractivity contribution in [2.75, 3.05) is 26.2 Å². The normalized spacial score (nSPS) is 22.7.